The Labute approximate surface area is 624 Å². The molecule has 15 aromatic carbocycles. The third-order valence-corrected chi connectivity index (χ3v) is 23.1. The number of para-hydroxylation sites is 4. The highest BCUT2D eigenvalue weighted by molar-refractivity contribution is 6.12. The summed E-state index contributed by atoms with van der Waals surface area (Å²) in [4.78, 5) is 9.18. The summed E-state index contributed by atoms with van der Waals surface area (Å²) in [6.07, 6.45) is 4.70. The Morgan fingerprint density at radius 2 is 0.617 bits per heavy atom. The second-order valence-electron chi connectivity index (χ2n) is 29.9. The minimum Gasteiger partial charge on any atom is -0.310 e. The van der Waals surface area contributed by atoms with E-state index in [0.29, 0.717) is 0 Å². The average molecular weight is 1370 g/mol. The number of nitrogens with zero attached hydrogens (tertiary/aromatic N) is 5. The van der Waals surface area contributed by atoms with Gasteiger partial charge in [0, 0.05) is 90.3 Å². The summed E-state index contributed by atoms with van der Waals surface area (Å²) in [6.45, 7) is 9.41. The van der Waals surface area contributed by atoms with E-state index in [0.717, 1.165) is 40.3 Å². The highest BCUT2D eigenvalue weighted by Gasteiger charge is 2.38. The standard InChI is InChI=1S/C52H38N2.C50H37N3/c1-52(2)48-18-10-8-16-44(48)45-28-26-41(33-49(45)52)53(40-25-27-43-37(31-40)30-36-12-6-7-15-42(36)43)39-23-20-34(21-24-39)35-22-29-51-47(32-35)46-17-9-11-19-50(46)54(51)38-13-4-3-5-14-38;1-50(2)46-16-8-6-14-42(46)43-28-27-41(32-47(43)50)52(40-25-20-35(21-26-40)37-11-10-30-51-33-37)39-23-18-34(19-24-39)36-22-29-49-45(31-36)44-15-7-9-17-48(44)53(49)38-12-4-3-5-13-38/h3-29,31-33H,30H2,1-2H3;3-33H,1-2H3. The summed E-state index contributed by atoms with van der Waals surface area (Å²) in [6, 6.07) is 131. The lowest BCUT2D eigenvalue weighted by Gasteiger charge is -2.28. The Balaban J connectivity index is 0.000000141. The van der Waals surface area contributed by atoms with Crippen molar-refractivity contribution in [2.75, 3.05) is 9.80 Å². The predicted octanol–water partition coefficient (Wildman–Crippen LogP) is 27.1. The number of hydrogen-bond donors (Lipinski definition) is 0. The van der Waals surface area contributed by atoms with Crippen LogP contribution in [0, 0.1) is 0 Å². The van der Waals surface area contributed by atoms with Gasteiger partial charge in [0.05, 0.1) is 22.1 Å². The molecule has 18 aromatic rings. The Morgan fingerprint density at radius 1 is 0.252 bits per heavy atom. The lowest BCUT2D eigenvalue weighted by Crippen LogP contribution is -2.16. The molecule has 508 valence electrons. The van der Waals surface area contributed by atoms with Crippen molar-refractivity contribution in [1.29, 1.82) is 0 Å². The van der Waals surface area contributed by atoms with Crippen molar-refractivity contribution in [3.63, 3.8) is 0 Å². The van der Waals surface area contributed by atoms with E-state index in [1.807, 2.05) is 18.5 Å². The SMILES string of the molecule is CC1(C)c2ccccc2-c2ccc(N(c3ccc(-c4ccc5c(c4)c4ccccc4n5-c4ccccc4)cc3)c3ccc4c(c3)Cc3ccccc3-4)cc21.CC1(C)c2ccccc2-c2ccc(N(c3ccc(-c4cccnc4)cc3)c3ccc(-c4ccc5c(c4)c4ccccc4n5-c4ccccc4)cc3)cc21. The van der Waals surface area contributed by atoms with Crippen molar-refractivity contribution in [1.82, 2.24) is 14.1 Å². The first-order valence-corrected chi connectivity index (χ1v) is 37.3. The third-order valence-electron chi connectivity index (χ3n) is 23.1. The Morgan fingerprint density at radius 3 is 1.10 bits per heavy atom. The largest absolute Gasteiger partial charge is 0.310 e. The first-order valence-electron chi connectivity index (χ1n) is 37.3. The fraction of sp³-hybridized carbons (Fsp3) is 0.0686. The van der Waals surface area contributed by atoms with Crippen LogP contribution in [0.3, 0.4) is 0 Å². The second-order valence-corrected chi connectivity index (χ2v) is 29.9. The van der Waals surface area contributed by atoms with Gasteiger partial charge in [0.15, 0.2) is 0 Å². The molecular formula is C102H75N5. The van der Waals surface area contributed by atoms with E-state index < -0.39 is 0 Å². The van der Waals surface area contributed by atoms with Crippen LogP contribution in [0.4, 0.5) is 34.1 Å². The van der Waals surface area contributed by atoms with Crippen molar-refractivity contribution in [3.05, 3.63) is 404 Å². The van der Waals surface area contributed by atoms with E-state index in [2.05, 4.69) is 403 Å². The molecule has 5 heteroatoms. The quantitative estimate of drug-likeness (QED) is 0.129. The molecule has 5 nitrogen and oxygen atoms in total. The summed E-state index contributed by atoms with van der Waals surface area (Å²) < 4.78 is 4.74. The minimum atomic E-state index is -0.0933. The third kappa shape index (κ3) is 10.5. The fourth-order valence-corrected chi connectivity index (χ4v) is 17.8. The second kappa shape index (κ2) is 25.2. The number of rotatable bonds is 11. The number of pyridine rings is 1. The molecule has 0 aliphatic heterocycles. The summed E-state index contributed by atoms with van der Waals surface area (Å²) in [5, 5.41) is 5.04. The predicted molar refractivity (Wildman–Crippen MR) is 448 cm³/mol. The van der Waals surface area contributed by atoms with E-state index in [1.54, 1.807) is 0 Å². The summed E-state index contributed by atoms with van der Waals surface area (Å²) in [7, 11) is 0. The van der Waals surface area contributed by atoms with Crippen molar-refractivity contribution >= 4 is 77.7 Å². The Hall–Kier alpha value is -13.4. The van der Waals surface area contributed by atoms with Crippen molar-refractivity contribution in [2.45, 2.75) is 44.9 Å². The zero-order valence-electron chi connectivity index (χ0n) is 60.2. The van der Waals surface area contributed by atoms with Gasteiger partial charge in [-0.25, -0.2) is 0 Å². The van der Waals surface area contributed by atoms with Crippen LogP contribution >= 0.6 is 0 Å². The van der Waals surface area contributed by atoms with Crippen LogP contribution in [0.15, 0.2) is 370 Å². The van der Waals surface area contributed by atoms with Gasteiger partial charge in [0.25, 0.3) is 0 Å². The van der Waals surface area contributed by atoms with Crippen molar-refractivity contribution < 1.29 is 0 Å². The van der Waals surface area contributed by atoms with Gasteiger partial charge in [-0.05, 0) is 246 Å². The summed E-state index contributed by atoms with van der Waals surface area (Å²) >= 11 is 0. The van der Waals surface area contributed by atoms with Crippen LogP contribution in [0.25, 0.3) is 122 Å². The molecule has 3 aliphatic carbocycles. The van der Waals surface area contributed by atoms with E-state index in [4.69, 9.17) is 0 Å². The number of benzene rings is 15. The van der Waals surface area contributed by atoms with Gasteiger partial charge < -0.3 is 18.9 Å². The molecule has 0 unspecified atom stereocenters. The molecule has 0 atom stereocenters. The van der Waals surface area contributed by atoms with Crippen LogP contribution in [0.1, 0.15) is 61.1 Å². The van der Waals surface area contributed by atoms with Gasteiger partial charge in [0.1, 0.15) is 0 Å². The molecule has 3 heterocycles. The normalized spacial score (nSPS) is 13.2. The number of fused-ring (bicyclic) bond motifs is 15. The highest BCUT2D eigenvalue weighted by atomic mass is 15.1. The van der Waals surface area contributed by atoms with Gasteiger partial charge in [0.2, 0.25) is 0 Å². The molecular weight excluding hydrogens is 1300 g/mol. The molecule has 0 N–H and O–H groups in total. The molecule has 0 amide bonds. The van der Waals surface area contributed by atoms with E-state index >= 15 is 0 Å². The van der Waals surface area contributed by atoms with Crippen LogP contribution in [-0.2, 0) is 17.3 Å². The van der Waals surface area contributed by atoms with Crippen molar-refractivity contribution in [2.24, 2.45) is 0 Å². The molecule has 3 aromatic heterocycles. The zero-order chi connectivity index (χ0) is 71.5. The van der Waals surface area contributed by atoms with Gasteiger partial charge in [-0.2, -0.15) is 0 Å². The van der Waals surface area contributed by atoms with E-state index in [9.17, 15) is 0 Å². The van der Waals surface area contributed by atoms with Crippen LogP contribution < -0.4 is 9.80 Å². The fourth-order valence-electron chi connectivity index (χ4n) is 17.8. The first kappa shape index (κ1) is 63.3. The molecule has 0 saturated heterocycles. The van der Waals surface area contributed by atoms with E-state index in [1.165, 1.54) is 155 Å². The number of aromatic nitrogens is 3. The van der Waals surface area contributed by atoms with Crippen LogP contribution in [0.2, 0.25) is 0 Å². The monoisotopic (exact) mass is 1370 g/mol. The first-order chi connectivity index (χ1) is 52.6. The summed E-state index contributed by atoms with van der Waals surface area (Å²) in [5.74, 6) is 0. The maximum atomic E-state index is 4.35. The van der Waals surface area contributed by atoms with E-state index in [-0.39, 0.29) is 10.8 Å². The number of anilines is 6. The molecule has 0 fully saturated rings. The molecule has 107 heavy (non-hydrogen) atoms. The maximum Gasteiger partial charge on any atom is 0.0541 e. The summed E-state index contributed by atoms with van der Waals surface area (Å²) in [5.41, 5.74) is 37.3. The van der Waals surface area contributed by atoms with Crippen LogP contribution in [0.5, 0.6) is 0 Å². The van der Waals surface area contributed by atoms with Crippen LogP contribution in [-0.4, -0.2) is 14.1 Å². The average Bonchev–Trinajstić information content (AvgIpc) is 1.59. The lowest BCUT2D eigenvalue weighted by molar-refractivity contribution is 0.660. The zero-order valence-corrected chi connectivity index (χ0v) is 60.2. The molecule has 3 aliphatic rings. The smallest absolute Gasteiger partial charge is 0.0541 e. The number of hydrogen-bond acceptors (Lipinski definition) is 3. The van der Waals surface area contributed by atoms with Gasteiger partial charge >= 0.3 is 0 Å². The molecule has 0 saturated carbocycles. The minimum absolute atomic E-state index is 0.0840. The molecule has 21 rings (SSSR count). The van der Waals surface area contributed by atoms with Gasteiger partial charge in [-0.1, -0.05) is 246 Å². The maximum absolute atomic E-state index is 4.35. The van der Waals surface area contributed by atoms with Gasteiger partial charge in [-0.15, -0.1) is 0 Å². The lowest BCUT2D eigenvalue weighted by atomic mass is 9.82. The Kier molecular flexibility index (Phi) is 14.9. The topological polar surface area (TPSA) is 29.2 Å². The van der Waals surface area contributed by atoms with Crippen molar-refractivity contribution in [3.8, 4) is 78.1 Å². The molecule has 0 radical (unpaired) electrons. The molecule has 0 bridgehead atoms. The molecule has 0 spiro atoms. The highest BCUT2D eigenvalue weighted by Crippen LogP contribution is 2.54. The van der Waals surface area contributed by atoms with Gasteiger partial charge in [-0.3, -0.25) is 4.98 Å². The Bertz CT molecular complexity index is 6500.